The summed E-state index contributed by atoms with van der Waals surface area (Å²) in [5, 5.41) is 6.28. The topological polar surface area (TPSA) is 80.3 Å². The Kier molecular flexibility index (Phi) is 6.03. The first-order chi connectivity index (χ1) is 11.8. The fourth-order valence-corrected chi connectivity index (χ4v) is 2.27. The number of ether oxygens (including phenoxy) is 1. The lowest BCUT2D eigenvalue weighted by atomic mass is 10.2. The maximum absolute atomic E-state index is 12.2. The molecule has 132 valence electrons. The Labute approximate surface area is 151 Å². The van der Waals surface area contributed by atoms with Crippen molar-refractivity contribution < 1.29 is 14.3 Å². The van der Waals surface area contributed by atoms with Crippen LogP contribution in [0.15, 0.2) is 47.6 Å². The van der Waals surface area contributed by atoms with Crippen LogP contribution in [0, 0.1) is 0 Å². The molecule has 1 aromatic heterocycles. The quantitative estimate of drug-likeness (QED) is 0.791. The van der Waals surface area contributed by atoms with Gasteiger partial charge in [-0.05, 0) is 63.4 Å². The third-order valence-corrected chi connectivity index (χ3v) is 3.66. The van der Waals surface area contributed by atoms with E-state index in [-0.39, 0.29) is 5.91 Å². The maximum atomic E-state index is 12.2. The van der Waals surface area contributed by atoms with Crippen molar-refractivity contribution in [2.75, 3.05) is 16.9 Å². The summed E-state index contributed by atoms with van der Waals surface area (Å²) in [6.07, 6.45) is 3.01. The van der Waals surface area contributed by atoms with Gasteiger partial charge in [-0.25, -0.2) is 9.78 Å². The molecule has 0 aliphatic rings. The summed E-state index contributed by atoms with van der Waals surface area (Å²) < 4.78 is 5.18. The second-order valence-electron chi connectivity index (χ2n) is 6.25. The third kappa shape index (κ3) is 6.11. The van der Waals surface area contributed by atoms with E-state index in [0.29, 0.717) is 16.9 Å². The van der Waals surface area contributed by atoms with E-state index in [2.05, 4.69) is 15.6 Å². The summed E-state index contributed by atoms with van der Waals surface area (Å²) in [6, 6.07) is 10.2. The molecule has 6 nitrogen and oxygen atoms in total. The molecule has 0 fully saturated rings. The normalized spacial score (nSPS) is 10.9. The van der Waals surface area contributed by atoms with E-state index in [1.807, 2.05) is 12.3 Å². The summed E-state index contributed by atoms with van der Waals surface area (Å²) in [7, 11) is 0. The van der Waals surface area contributed by atoms with Crippen LogP contribution in [-0.2, 0) is 4.74 Å². The molecule has 0 radical (unpaired) electrons. The molecule has 2 aromatic rings. The molecule has 1 heterocycles. The number of carbonyl (C=O) groups is 2. The van der Waals surface area contributed by atoms with Crippen LogP contribution < -0.4 is 10.6 Å². The first kappa shape index (κ1) is 18.8. The van der Waals surface area contributed by atoms with Crippen LogP contribution in [0.4, 0.5) is 16.2 Å². The minimum Gasteiger partial charge on any atom is -0.444 e. The molecule has 0 aliphatic carbocycles. The Morgan fingerprint density at radius 3 is 2.16 bits per heavy atom. The van der Waals surface area contributed by atoms with E-state index in [4.69, 9.17) is 4.74 Å². The molecular weight excluding hydrogens is 338 g/mol. The van der Waals surface area contributed by atoms with Crippen LogP contribution in [0.2, 0.25) is 0 Å². The maximum Gasteiger partial charge on any atom is 0.412 e. The number of pyridine rings is 1. The Morgan fingerprint density at radius 1 is 1.00 bits per heavy atom. The van der Waals surface area contributed by atoms with Crippen LogP contribution in [0.1, 0.15) is 31.1 Å². The average molecular weight is 359 g/mol. The first-order valence-electron chi connectivity index (χ1n) is 7.68. The van der Waals surface area contributed by atoms with Crippen molar-refractivity contribution >= 4 is 35.1 Å². The molecular formula is C18H21N3O3S. The van der Waals surface area contributed by atoms with Crippen molar-refractivity contribution in [3.8, 4) is 0 Å². The van der Waals surface area contributed by atoms with Gasteiger partial charge in [0.25, 0.3) is 5.91 Å². The number of carbonyl (C=O) groups excluding carboxylic acids is 2. The molecule has 0 atom stereocenters. The number of nitrogens with one attached hydrogen (secondary N) is 2. The van der Waals surface area contributed by atoms with Crippen LogP contribution in [0.5, 0.6) is 0 Å². The van der Waals surface area contributed by atoms with E-state index in [1.165, 1.54) is 11.8 Å². The number of nitrogens with zero attached hydrogens (tertiary/aromatic N) is 1. The third-order valence-electron chi connectivity index (χ3n) is 3.00. The van der Waals surface area contributed by atoms with Gasteiger partial charge in [0.15, 0.2) is 0 Å². The number of thioether (sulfide) groups is 1. The van der Waals surface area contributed by atoms with E-state index >= 15 is 0 Å². The number of benzene rings is 1. The van der Waals surface area contributed by atoms with Gasteiger partial charge in [-0.1, -0.05) is 0 Å². The molecule has 25 heavy (non-hydrogen) atoms. The van der Waals surface area contributed by atoms with Gasteiger partial charge in [0.2, 0.25) is 0 Å². The van der Waals surface area contributed by atoms with Crippen LogP contribution >= 0.6 is 11.8 Å². The summed E-state index contributed by atoms with van der Waals surface area (Å²) in [6.45, 7) is 5.38. The zero-order chi connectivity index (χ0) is 18.4. The standard InChI is InChI=1S/C18H21N3O3S/c1-18(2,3)24-17(23)21-13-7-5-12(6-8-13)16(22)20-14-9-10-15(25-4)19-11-14/h5-11H,1-4H3,(H,20,22)(H,21,23). The Bertz CT molecular complexity index is 738. The molecule has 2 amide bonds. The summed E-state index contributed by atoms with van der Waals surface area (Å²) >= 11 is 1.53. The molecule has 7 heteroatoms. The van der Waals surface area contributed by atoms with Crippen LogP contribution in [0.25, 0.3) is 0 Å². The fourth-order valence-electron chi connectivity index (χ4n) is 1.90. The van der Waals surface area contributed by atoms with Gasteiger partial charge in [0.05, 0.1) is 16.9 Å². The van der Waals surface area contributed by atoms with Gasteiger partial charge in [-0.3, -0.25) is 10.1 Å². The molecule has 2 rings (SSSR count). The minimum atomic E-state index is -0.566. The fraction of sp³-hybridized carbons (Fsp3) is 0.278. The van der Waals surface area contributed by atoms with Crippen molar-refractivity contribution in [2.45, 2.75) is 31.4 Å². The molecule has 0 saturated carbocycles. The van der Waals surface area contributed by atoms with E-state index in [0.717, 1.165) is 5.03 Å². The lowest BCUT2D eigenvalue weighted by Gasteiger charge is -2.19. The van der Waals surface area contributed by atoms with E-state index in [1.54, 1.807) is 57.3 Å². The van der Waals surface area contributed by atoms with Gasteiger partial charge in [0.1, 0.15) is 5.60 Å². The number of anilines is 2. The molecule has 1 aromatic carbocycles. The zero-order valence-corrected chi connectivity index (χ0v) is 15.4. The van der Waals surface area contributed by atoms with Crippen LogP contribution in [0.3, 0.4) is 0 Å². The molecule has 0 spiro atoms. The van der Waals surface area contributed by atoms with Crippen molar-refractivity contribution in [2.24, 2.45) is 0 Å². The Morgan fingerprint density at radius 2 is 1.64 bits per heavy atom. The highest BCUT2D eigenvalue weighted by molar-refractivity contribution is 7.98. The molecule has 0 saturated heterocycles. The highest BCUT2D eigenvalue weighted by Gasteiger charge is 2.16. The van der Waals surface area contributed by atoms with Gasteiger partial charge < -0.3 is 10.1 Å². The van der Waals surface area contributed by atoms with Crippen molar-refractivity contribution in [1.29, 1.82) is 0 Å². The SMILES string of the molecule is CSc1ccc(NC(=O)c2ccc(NC(=O)OC(C)(C)C)cc2)cn1. The number of amides is 2. The number of aromatic nitrogens is 1. The molecule has 2 N–H and O–H groups in total. The molecule has 0 unspecified atom stereocenters. The van der Waals surface area contributed by atoms with Gasteiger partial charge in [0, 0.05) is 11.3 Å². The highest BCUT2D eigenvalue weighted by atomic mass is 32.2. The van der Waals surface area contributed by atoms with Gasteiger partial charge in [-0.15, -0.1) is 11.8 Å². The first-order valence-corrected chi connectivity index (χ1v) is 8.91. The smallest absolute Gasteiger partial charge is 0.412 e. The second kappa shape index (κ2) is 8.02. The summed E-state index contributed by atoms with van der Waals surface area (Å²) in [5.41, 5.74) is 1.09. The predicted octanol–water partition coefficient (Wildman–Crippen LogP) is 4.40. The zero-order valence-electron chi connectivity index (χ0n) is 14.6. The lowest BCUT2D eigenvalue weighted by Crippen LogP contribution is -2.27. The van der Waals surface area contributed by atoms with Crippen molar-refractivity contribution in [3.05, 3.63) is 48.2 Å². The van der Waals surface area contributed by atoms with Gasteiger partial charge >= 0.3 is 6.09 Å². The van der Waals surface area contributed by atoms with Crippen molar-refractivity contribution in [3.63, 3.8) is 0 Å². The van der Waals surface area contributed by atoms with E-state index < -0.39 is 11.7 Å². The molecule has 0 bridgehead atoms. The minimum absolute atomic E-state index is 0.248. The monoisotopic (exact) mass is 359 g/mol. The van der Waals surface area contributed by atoms with E-state index in [9.17, 15) is 9.59 Å². The van der Waals surface area contributed by atoms with Crippen LogP contribution in [-0.4, -0.2) is 28.8 Å². The molecule has 0 aliphatic heterocycles. The number of hydrogen-bond acceptors (Lipinski definition) is 5. The number of hydrogen-bond donors (Lipinski definition) is 2. The number of rotatable bonds is 4. The average Bonchev–Trinajstić information content (AvgIpc) is 2.54. The Hall–Kier alpha value is -2.54. The summed E-state index contributed by atoms with van der Waals surface area (Å²) in [5.74, 6) is -0.248. The van der Waals surface area contributed by atoms with Gasteiger partial charge in [-0.2, -0.15) is 0 Å². The summed E-state index contributed by atoms with van der Waals surface area (Å²) in [4.78, 5) is 28.2. The predicted molar refractivity (Wildman–Crippen MR) is 100 cm³/mol. The second-order valence-corrected chi connectivity index (χ2v) is 7.07. The highest BCUT2D eigenvalue weighted by Crippen LogP contribution is 2.16. The van der Waals surface area contributed by atoms with Crippen molar-refractivity contribution in [1.82, 2.24) is 4.98 Å². The largest absolute Gasteiger partial charge is 0.444 e. The lowest BCUT2D eigenvalue weighted by molar-refractivity contribution is 0.0636. The Balaban J connectivity index is 1.96.